The van der Waals surface area contributed by atoms with Crippen molar-refractivity contribution in [3.05, 3.63) is 51.9 Å². The van der Waals surface area contributed by atoms with Crippen LogP contribution in [0.1, 0.15) is 11.3 Å². The van der Waals surface area contributed by atoms with Crippen molar-refractivity contribution in [3.63, 3.8) is 0 Å². The summed E-state index contributed by atoms with van der Waals surface area (Å²) >= 11 is 0. The maximum absolute atomic E-state index is 11.9. The molecular formula is C14H13N3O. The summed E-state index contributed by atoms with van der Waals surface area (Å²) in [6.07, 6.45) is 1.70. The summed E-state index contributed by atoms with van der Waals surface area (Å²) < 4.78 is 0. The van der Waals surface area contributed by atoms with Crippen molar-refractivity contribution in [1.82, 2.24) is 15.0 Å². The number of H-pyrrole nitrogens is 2. The molecule has 2 N–H and O–H groups in total. The molecule has 4 nitrogen and oxygen atoms in total. The van der Waals surface area contributed by atoms with E-state index in [1.807, 2.05) is 32.0 Å². The van der Waals surface area contributed by atoms with E-state index < -0.39 is 0 Å². The average Bonchev–Trinajstić information content (AvgIpc) is 2.74. The maximum Gasteiger partial charge on any atom is 0.192 e. The third kappa shape index (κ3) is 1.62. The van der Waals surface area contributed by atoms with E-state index in [2.05, 4.69) is 15.0 Å². The van der Waals surface area contributed by atoms with Crippen LogP contribution in [-0.4, -0.2) is 15.0 Å². The number of para-hydroxylation sites is 1. The summed E-state index contributed by atoms with van der Waals surface area (Å²) in [7, 11) is 0. The summed E-state index contributed by atoms with van der Waals surface area (Å²) in [6.45, 7) is 3.86. The fourth-order valence-corrected chi connectivity index (χ4v) is 2.06. The van der Waals surface area contributed by atoms with Gasteiger partial charge >= 0.3 is 0 Å². The molecule has 0 saturated heterocycles. The highest BCUT2D eigenvalue weighted by molar-refractivity contribution is 5.82. The zero-order valence-electron chi connectivity index (χ0n) is 10.2. The van der Waals surface area contributed by atoms with Gasteiger partial charge < -0.3 is 9.97 Å². The van der Waals surface area contributed by atoms with Crippen LogP contribution in [0.2, 0.25) is 0 Å². The molecule has 4 heteroatoms. The third-order valence-corrected chi connectivity index (χ3v) is 3.03. The lowest BCUT2D eigenvalue weighted by Crippen LogP contribution is -2.05. The molecule has 0 aliphatic carbocycles. The van der Waals surface area contributed by atoms with Gasteiger partial charge in [0.05, 0.1) is 16.6 Å². The smallest absolute Gasteiger partial charge is 0.192 e. The number of hydrogen-bond acceptors (Lipinski definition) is 2. The van der Waals surface area contributed by atoms with Crippen LogP contribution in [0.3, 0.4) is 0 Å². The maximum atomic E-state index is 11.9. The first-order valence-electron chi connectivity index (χ1n) is 5.80. The van der Waals surface area contributed by atoms with E-state index in [1.54, 1.807) is 12.3 Å². The van der Waals surface area contributed by atoms with E-state index in [0.717, 1.165) is 22.3 Å². The predicted octanol–water partition coefficient (Wildman–Crippen LogP) is 2.54. The highest BCUT2D eigenvalue weighted by Crippen LogP contribution is 2.20. The predicted molar refractivity (Wildman–Crippen MR) is 71.6 cm³/mol. The van der Waals surface area contributed by atoms with Crippen LogP contribution in [0.4, 0.5) is 0 Å². The number of pyridine rings is 1. The molecule has 0 saturated carbocycles. The van der Waals surface area contributed by atoms with Crippen LogP contribution in [0.25, 0.3) is 22.4 Å². The van der Waals surface area contributed by atoms with Gasteiger partial charge in [-0.1, -0.05) is 12.1 Å². The van der Waals surface area contributed by atoms with E-state index in [9.17, 15) is 4.79 Å². The monoisotopic (exact) mass is 239 g/mol. The Labute approximate surface area is 104 Å². The van der Waals surface area contributed by atoms with Crippen LogP contribution in [0, 0.1) is 13.8 Å². The van der Waals surface area contributed by atoms with Crippen molar-refractivity contribution < 1.29 is 0 Å². The molecule has 0 aliphatic heterocycles. The third-order valence-electron chi connectivity index (χ3n) is 3.03. The molecule has 1 aromatic carbocycles. The molecule has 3 rings (SSSR count). The van der Waals surface area contributed by atoms with Gasteiger partial charge in [-0.15, -0.1) is 0 Å². The molecule has 0 amide bonds. The minimum atomic E-state index is -0.0250. The van der Waals surface area contributed by atoms with Gasteiger partial charge in [-0.05, 0) is 25.5 Å². The van der Waals surface area contributed by atoms with Gasteiger partial charge in [0.1, 0.15) is 5.82 Å². The van der Waals surface area contributed by atoms with Gasteiger partial charge in [-0.25, -0.2) is 4.98 Å². The number of benzene rings is 1. The minimum Gasteiger partial charge on any atom is -0.364 e. The summed E-state index contributed by atoms with van der Waals surface area (Å²) in [4.78, 5) is 22.6. The summed E-state index contributed by atoms with van der Waals surface area (Å²) in [6, 6.07) is 7.52. The van der Waals surface area contributed by atoms with E-state index in [0.29, 0.717) is 11.4 Å². The first kappa shape index (κ1) is 10.8. The topological polar surface area (TPSA) is 61.5 Å². The van der Waals surface area contributed by atoms with Gasteiger partial charge in [-0.3, -0.25) is 4.79 Å². The van der Waals surface area contributed by atoms with E-state index in [-0.39, 0.29) is 5.43 Å². The Kier molecular flexibility index (Phi) is 2.30. The van der Waals surface area contributed by atoms with Crippen LogP contribution >= 0.6 is 0 Å². The van der Waals surface area contributed by atoms with Crippen molar-refractivity contribution in [1.29, 1.82) is 0 Å². The molecule has 3 aromatic rings. The average molecular weight is 239 g/mol. The Hall–Kier alpha value is -2.36. The summed E-state index contributed by atoms with van der Waals surface area (Å²) in [5, 5.41) is 0. The molecule has 2 aromatic heterocycles. The van der Waals surface area contributed by atoms with E-state index in [4.69, 9.17) is 0 Å². The van der Waals surface area contributed by atoms with Crippen molar-refractivity contribution >= 4 is 11.0 Å². The van der Waals surface area contributed by atoms with Crippen LogP contribution < -0.4 is 5.43 Å². The summed E-state index contributed by atoms with van der Waals surface area (Å²) in [5.41, 5.74) is 4.34. The Morgan fingerprint density at radius 1 is 1.22 bits per heavy atom. The Morgan fingerprint density at radius 3 is 2.78 bits per heavy atom. The van der Waals surface area contributed by atoms with Gasteiger partial charge in [0.15, 0.2) is 5.43 Å². The first-order chi connectivity index (χ1) is 8.65. The molecule has 2 heterocycles. The lowest BCUT2D eigenvalue weighted by Gasteiger charge is -1.96. The van der Waals surface area contributed by atoms with Gasteiger partial charge in [0, 0.05) is 18.0 Å². The van der Waals surface area contributed by atoms with Crippen molar-refractivity contribution in [2.24, 2.45) is 0 Å². The molecule has 90 valence electrons. The first-order valence-corrected chi connectivity index (χ1v) is 5.80. The number of aromatic amines is 2. The fraction of sp³-hybridized carbons (Fsp3) is 0.143. The lowest BCUT2D eigenvalue weighted by atomic mass is 10.2. The van der Waals surface area contributed by atoms with Crippen LogP contribution in [0.15, 0.2) is 35.3 Å². The lowest BCUT2D eigenvalue weighted by molar-refractivity contribution is 1.17. The zero-order valence-corrected chi connectivity index (χ0v) is 10.2. The number of hydrogen-bond donors (Lipinski definition) is 2. The number of aromatic nitrogens is 3. The zero-order chi connectivity index (χ0) is 12.7. The second-order valence-corrected chi connectivity index (χ2v) is 4.45. The molecule has 0 spiro atoms. The second kappa shape index (κ2) is 3.84. The molecule has 0 fully saturated rings. The van der Waals surface area contributed by atoms with Crippen molar-refractivity contribution in [3.8, 4) is 11.4 Å². The quantitative estimate of drug-likeness (QED) is 0.685. The van der Waals surface area contributed by atoms with E-state index in [1.165, 1.54) is 0 Å². The molecular weight excluding hydrogens is 226 g/mol. The van der Waals surface area contributed by atoms with Gasteiger partial charge in [-0.2, -0.15) is 0 Å². The largest absolute Gasteiger partial charge is 0.364 e. The number of imidazole rings is 1. The number of nitrogens with one attached hydrogen (secondary N) is 2. The van der Waals surface area contributed by atoms with E-state index >= 15 is 0 Å². The number of rotatable bonds is 1. The summed E-state index contributed by atoms with van der Waals surface area (Å²) in [5.74, 6) is 0.612. The van der Waals surface area contributed by atoms with Crippen LogP contribution in [-0.2, 0) is 0 Å². The fourth-order valence-electron chi connectivity index (χ4n) is 2.06. The van der Waals surface area contributed by atoms with Gasteiger partial charge in [0.2, 0.25) is 0 Å². The molecule has 18 heavy (non-hydrogen) atoms. The molecule has 0 bridgehead atoms. The standard InChI is InChI=1S/C14H13N3O/c1-8-4-3-5-11-13(8)17-14(16-11)10-7-15-9(2)6-12(10)18/h3-7H,1-2H3,(H,15,18)(H,16,17). The Bertz CT molecular complexity index is 783. The number of aryl methyl sites for hydroxylation is 2. The Balaban J connectivity index is 2.26. The molecule has 0 unspecified atom stereocenters. The minimum absolute atomic E-state index is 0.0250. The number of nitrogens with zero attached hydrogens (tertiary/aromatic N) is 1. The van der Waals surface area contributed by atoms with Crippen molar-refractivity contribution in [2.45, 2.75) is 13.8 Å². The highest BCUT2D eigenvalue weighted by atomic mass is 16.1. The number of fused-ring (bicyclic) bond motifs is 1. The second-order valence-electron chi connectivity index (χ2n) is 4.45. The van der Waals surface area contributed by atoms with Crippen LogP contribution in [0.5, 0.6) is 0 Å². The normalized spacial score (nSPS) is 11.0. The highest BCUT2D eigenvalue weighted by Gasteiger charge is 2.09. The van der Waals surface area contributed by atoms with Gasteiger partial charge in [0.25, 0.3) is 0 Å². The molecule has 0 radical (unpaired) electrons. The van der Waals surface area contributed by atoms with Crippen molar-refractivity contribution in [2.75, 3.05) is 0 Å². The Morgan fingerprint density at radius 2 is 2.06 bits per heavy atom. The SMILES string of the molecule is Cc1cc(=O)c(-c2nc3c(C)cccc3[nH]2)c[nH]1. The molecule has 0 aliphatic rings. The molecule has 0 atom stereocenters.